The van der Waals surface area contributed by atoms with Crippen molar-refractivity contribution in [3.63, 3.8) is 0 Å². The summed E-state index contributed by atoms with van der Waals surface area (Å²) in [6, 6.07) is 8.28. The Morgan fingerprint density at radius 2 is 1.61 bits per heavy atom. The minimum atomic E-state index is -1.07. The molecule has 0 saturated carbocycles. The predicted octanol–water partition coefficient (Wildman–Crippen LogP) is 6.65. The molecule has 1 N–H and O–H groups in total. The average Bonchev–Trinajstić information content (AvgIpc) is 2.64. The number of carbonyl (C=O) groups excluding carboxylic acids is 2. The molecule has 9 heteroatoms. The first-order valence-corrected chi connectivity index (χ1v) is 11.7. The Hall–Kier alpha value is -2.07. The molecular weight excluding hydrogens is 564 g/mol. The number of ether oxygens (including phenoxy) is 3. The van der Waals surface area contributed by atoms with Crippen molar-refractivity contribution in [2.24, 2.45) is 0 Å². The first kappa shape index (κ1) is 27.2. The summed E-state index contributed by atoms with van der Waals surface area (Å²) in [4.78, 5) is 25.1. The molecule has 0 unspecified atom stereocenters. The van der Waals surface area contributed by atoms with Crippen LogP contribution in [-0.2, 0) is 20.7 Å². The number of hydrogen-bond acceptors (Lipinski definition) is 5. The number of amides is 1. The van der Waals surface area contributed by atoms with Gasteiger partial charge >= 0.3 is 12.1 Å². The largest absolute Gasteiger partial charge is 0.458 e. The van der Waals surface area contributed by atoms with E-state index in [0.717, 1.165) is 0 Å². The van der Waals surface area contributed by atoms with Crippen LogP contribution in [0.5, 0.6) is 11.5 Å². The maximum absolute atomic E-state index is 14.8. The van der Waals surface area contributed by atoms with Crippen molar-refractivity contribution in [1.29, 1.82) is 0 Å². The fraction of sp³-hybridized carbons (Fsp3) is 0.417. The number of rotatable bonds is 6. The third-order valence-electron chi connectivity index (χ3n) is 3.95. The van der Waals surface area contributed by atoms with Crippen LogP contribution in [0.2, 0.25) is 5.02 Å². The van der Waals surface area contributed by atoms with Gasteiger partial charge < -0.3 is 19.5 Å². The van der Waals surface area contributed by atoms with Crippen LogP contribution >= 0.6 is 34.2 Å². The zero-order valence-corrected chi connectivity index (χ0v) is 22.3. The van der Waals surface area contributed by atoms with Crippen LogP contribution in [0.3, 0.4) is 0 Å². The highest BCUT2D eigenvalue weighted by molar-refractivity contribution is 14.1. The minimum absolute atomic E-state index is 0.00454. The van der Waals surface area contributed by atoms with E-state index in [0.29, 0.717) is 19.9 Å². The Morgan fingerprint density at radius 3 is 2.15 bits per heavy atom. The van der Waals surface area contributed by atoms with Gasteiger partial charge in [-0.25, -0.2) is 14.0 Å². The quantitative estimate of drug-likeness (QED) is 0.301. The molecule has 0 bridgehead atoms. The highest BCUT2D eigenvalue weighted by Gasteiger charge is 2.30. The van der Waals surface area contributed by atoms with Crippen molar-refractivity contribution < 1.29 is 28.2 Å². The summed E-state index contributed by atoms with van der Waals surface area (Å²) in [5.74, 6) is -0.800. The molecule has 6 nitrogen and oxygen atoms in total. The van der Waals surface area contributed by atoms with Crippen molar-refractivity contribution in [2.45, 2.75) is 65.2 Å². The number of nitrogens with one attached hydrogen (secondary N) is 1. The highest BCUT2D eigenvalue weighted by atomic mass is 127. The highest BCUT2D eigenvalue weighted by Crippen LogP contribution is 2.30. The first-order valence-electron chi connectivity index (χ1n) is 10.3. The molecule has 0 spiro atoms. The van der Waals surface area contributed by atoms with E-state index >= 15 is 0 Å². The van der Waals surface area contributed by atoms with Crippen LogP contribution in [0.15, 0.2) is 36.4 Å². The van der Waals surface area contributed by atoms with Crippen molar-refractivity contribution >= 4 is 46.3 Å². The molecule has 1 amide bonds. The van der Waals surface area contributed by atoms with E-state index in [1.54, 1.807) is 65.8 Å². The molecule has 33 heavy (non-hydrogen) atoms. The van der Waals surface area contributed by atoms with E-state index in [9.17, 15) is 14.0 Å². The van der Waals surface area contributed by atoms with E-state index in [1.807, 2.05) is 22.6 Å². The van der Waals surface area contributed by atoms with Gasteiger partial charge in [0.1, 0.15) is 23.0 Å². The van der Waals surface area contributed by atoms with Gasteiger partial charge in [0.25, 0.3) is 0 Å². The summed E-state index contributed by atoms with van der Waals surface area (Å²) in [5, 5.41) is 3.09. The number of halogens is 3. The number of alkyl carbamates (subject to hydrolysis) is 1. The molecule has 0 aliphatic carbocycles. The lowest BCUT2D eigenvalue weighted by atomic mass is 10.0. The Balaban J connectivity index is 2.26. The van der Waals surface area contributed by atoms with E-state index < -0.39 is 35.1 Å². The molecule has 0 fully saturated rings. The molecule has 1 atom stereocenters. The molecule has 0 aliphatic heterocycles. The number of benzene rings is 2. The molecule has 2 aromatic carbocycles. The fourth-order valence-corrected chi connectivity index (χ4v) is 3.45. The Morgan fingerprint density at radius 1 is 1.03 bits per heavy atom. The zero-order valence-electron chi connectivity index (χ0n) is 19.4. The molecule has 2 rings (SSSR count). The lowest BCUT2D eigenvalue weighted by Crippen LogP contribution is -2.47. The standard InChI is InChI=1S/C24H28ClFINO5/c1-23(2,3)32-21(29)19(28-22(30)33-24(4,5)6)12-14-11-17(26)20(13-18(14)27)31-16-9-7-15(25)8-10-16/h7-11,13,19H,12H2,1-6H3,(H,28,30)/t19-/m0/s1. The number of esters is 1. The third-order valence-corrected chi connectivity index (χ3v) is 5.20. The Bertz CT molecular complexity index is 1000. The van der Waals surface area contributed by atoms with Gasteiger partial charge in [0.2, 0.25) is 0 Å². The number of carbonyl (C=O) groups is 2. The van der Waals surface area contributed by atoms with Gasteiger partial charge in [-0.2, -0.15) is 0 Å². The van der Waals surface area contributed by atoms with Crippen molar-refractivity contribution in [3.05, 3.63) is 56.4 Å². The monoisotopic (exact) mass is 591 g/mol. The van der Waals surface area contributed by atoms with Gasteiger partial charge in [-0.15, -0.1) is 0 Å². The maximum Gasteiger partial charge on any atom is 0.408 e. The van der Waals surface area contributed by atoms with Crippen LogP contribution < -0.4 is 10.1 Å². The third kappa shape index (κ3) is 9.37. The molecular formula is C24H28ClFINO5. The Kier molecular flexibility index (Phi) is 8.98. The summed E-state index contributed by atoms with van der Waals surface area (Å²) in [5.41, 5.74) is -1.01. The molecule has 0 aromatic heterocycles. The van der Waals surface area contributed by atoms with Crippen molar-refractivity contribution in [2.75, 3.05) is 0 Å². The summed E-state index contributed by atoms with van der Waals surface area (Å²) in [6.07, 6.45) is -0.763. The van der Waals surface area contributed by atoms with Crippen LogP contribution in [0.4, 0.5) is 9.18 Å². The second-order valence-corrected chi connectivity index (χ2v) is 11.0. The second-order valence-electron chi connectivity index (χ2n) is 9.37. The summed E-state index contributed by atoms with van der Waals surface area (Å²) in [6.45, 7) is 10.3. The first-order chi connectivity index (χ1) is 15.1. The lowest BCUT2D eigenvalue weighted by molar-refractivity contribution is -0.157. The molecule has 0 radical (unpaired) electrons. The lowest BCUT2D eigenvalue weighted by Gasteiger charge is -2.26. The van der Waals surface area contributed by atoms with Crippen molar-refractivity contribution in [1.82, 2.24) is 5.32 Å². The molecule has 0 heterocycles. The summed E-state index contributed by atoms with van der Waals surface area (Å²) in [7, 11) is 0. The smallest absolute Gasteiger partial charge is 0.408 e. The fourth-order valence-electron chi connectivity index (χ4n) is 2.67. The van der Waals surface area contributed by atoms with Gasteiger partial charge in [0, 0.05) is 15.0 Å². The average molecular weight is 592 g/mol. The minimum Gasteiger partial charge on any atom is -0.458 e. The zero-order chi connectivity index (χ0) is 25.0. The number of hydrogen-bond donors (Lipinski definition) is 1. The van der Waals surface area contributed by atoms with Crippen LogP contribution in [0, 0.1) is 9.39 Å². The Labute approximate surface area is 212 Å². The van der Waals surface area contributed by atoms with E-state index in [-0.39, 0.29) is 12.2 Å². The van der Waals surface area contributed by atoms with Crippen LogP contribution in [0.1, 0.15) is 47.1 Å². The van der Waals surface area contributed by atoms with E-state index in [4.69, 9.17) is 25.8 Å². The normalized spacial score (nSPS) is 12.6. The van der Waals surface area contributed by atoms with Gasteiger partial charge in [0.15, 0.2) is 11.6 Å². The van der Waals surface area contributed by atoms with Crippen molar-refractivity contribution in [3.8, 4) is 11.5 Å². The van der Waals surface area contributed by atoms with Crippen LogP contribution in [0.25, 0.3) is 0 Å². The van der Waals surface area contributed by atoms with Gasteiger partial charge in [-0.05, 0) is 106 Å². The van der Waals surface area contributed by atoms with E-state index in [2.05, 4.69) is 5.32 Å². The molecule has 0 saturated heterocycles. The second kappa shape index (κ2) is 10.9. The van der Waals surface area contributed by atoms with Gasteiger partial charge in [-0.3, -0.25) is 0 Å². The topological polar surface area (TPSA) is 73.9 Å². The maximum atomic E-state index is 14.8. The predicted molar refractivity (Wildman–Crippen MR) is 133 cm³/mol. The van der Waals surface area contributed by atoms with E-state index in [1.165, 1.54) is 12.1 Å². The van der Waals surface area contributed by atoms with Gasteiger partial charge in [-0.1, -0.05) is 11.6 Å². The van der Waals surface area contributed by atoms with Crippen LogP contribution in [-0.4, -0.2) is 29.3 Å². The van der Waals surface area contributed by atoms with Gasteiger partial charge in [0.05, 0.1) is 0 Å². The molecule has 2 aromatic rings. The molecule has 180 valence electrons. The molecule has 0 aliphatic rings. The summed E-state index contributed by atoms with van der Waals surface area (Å²) >= 11 is 7.90. The summed E-state index contributed by atoms with van der Waals surface area (Å²) < 4.78 is 31.8. The SMILES string of the molecule is CC(C)(C)OC(=O)N[C@@H](Cc1cc(F)c(Oc2ccc(Cl)cc2)cc1I)C(=O)OC(C)(C)C.